The molecular weight excluding hydrogens is 253 g/mol. The summed E-state index contributed by atoms with van der Waals surface area (Å²) in [6.07, 6.45) is 2.40. The van der Waals surface area contributed by atoms with Gasteiger partial charge in [0, 0.05) is 11.4 Å². The molecule has 2 aromatic carbocycles. The Morgan fingerprint density at radius 3 is 2.80 bits per heavy atom. The largest absolute Gasteiger partial charge is 0.328 e. The number of aromatic nitrogens is 2. The van der Waals surface area contributed by atoms with Gasteiger partial charge < -0.3 is 5.73 Å². The predicted octanol–water partition coefficient (Wildman–Crippen LogP) is 3.05. The average molecular weight is 269 g/mol. The summed E-state index contributed by atoms with van der Waals surface area (Å²) in [6, 6.07) is 13.0. The van der Waals surface area contributed by atoms with E-state index in [0.717, 1.165) is 16.5 Å². The highest BCUT2D eigenvalue weighted by Gasteiger charge is 2.10. The van der Waals surface area contributed by atoms with Gasteiger partial charge in [-0.05, 0) is 37.1 Å². The molecule has 3 nitrogen and oxygen atoms in total. The second-order valence-corrected chi connectivity index (χ2v) is 5.08. The van der Waals surface area contributed by atoms with Crippen LogP contribution in [0.1, 0.15) is 12.5 Å². The molecule has 1 aromatic heterocycles. The third kappa shape index (κ3) is 2.30. The maximum Gasteiger partial charge on any atom is 0.149 e. The van der Waals surface area contributed by atoms with E-state index in [2.05, 4.69) is 5.10 Å². The fourth-order valence-electron chi connectivity index (χ4n) is 2.38. The molecule has 20 heavy (non-hydrogen) atoms. The van der Waals surface area contributed by atoms with Gasteiger partial charge in [-0.2, -0.15) is 5.10 Å². The maximum absolute atomic E-state index is 14.3. The van der Waals surface area contributed by atoms with Crippen LogP contribution in [0, 0.1) is 5.82 Å². The number of hydrogen-bond donors (Lipinski definition) is 1. The van der Waals surface area contributed by atoms with Gasteiger partial charge in [-0.25, -0.2) is 9.07 Å². The Labute approximate surface area is 116 Å². The van der Waals surface area contributed by atoms with E-state index in [4.69, 9.17) is 5.73 Å². The van der Waals surface area contributed by atoms with Gasteiger partial charge in [0.2, 0.25) is 0 Å². The van der Waals surface area contributed by atoms with Crippen molar-refractivity contribution >= 4 is 10.9 Å². The third-order valence-electron chi connectivity index (χ3n) is 3.28. The van der Waals surface area contributed by atoms with Crippen molar-refractivity contribution in [3.63, 3.8) is 0 Å². The molecule has 0 fully saturated rings. The number of fused-ring (bicyclic) bond motifs is 1. The summed E-state index contributed by atoms with van der Waals surface area (Å²) in [6.45, 7) is 1.91. The summed E-state index contributed by atoms with van der Waals surface area (Å²) < 4.78 is 15.9. The molecule has 102 valence electrons. The maximum atomic E-state index is 14.3. The van der Waals surface area contributed by atoms with E-state index in [1.807, 2.05) is 37.3 Å². The van der Waals surface area contributed by atoms with Gasteiger partial charge >= 0.3 is 0 Å². The van der Waals surface area contributed by atoms with E-state index in [9.17, 15) is 4.39 Å². The van der Waals surface area contributed by atoms with Crippen LogP contribution in [0.2, 0.25) is 0 Å². The normalized spacial score (nSPS) is 12.8. The number of nitrogens with two attached hydrogens (primary N) is 1. The van der Waals surface area contributed by atoms with Crippen LogP contribution in [-0.4, -0.2) is 15.8 Å². The van der Waals surface area contributed by atoms with Crippen molar-refractivity contribution in [2.45, 2.75) is 19.4 Å². The highest BCUT2D eigenvalue weighted by Crippen LogP contribution is 2.21. The van der Waals surface area contributed by atoms with Gasteiger partial charge in [-0.15, -0.1) is 0 Å². The molecule has 3 rings (SSSR count). The van der Waals surface area contributed by atoms with Crippen LogP contribution < -0.4 is 5.73 Å². The molecule has 1 heterocycles. The molecule has 0 aliphatic carbocycles. The summed E-state index contributed by atoms with van der Waals surface area (Å²) in [4.78, 5) is 0. The topological polar surface area (TPSA) is 43.8 Å². The van der Waals surface area contributed by atoms with Gasteiger partial charge in [0.15, 0.2) is 0 Å². The minimum atomic E-state index is -0.281. The quantitative estimate of drug-likeness (QED) is 0.794. The average Bonchev–Trinajstić information content (AvgIpc) is 2.82. The van der Waals surface area contributed by atoms with Crippen LogP contribution in [0.5, 0.6) is 0 Å². The zero-order valence-electron chi connectivity index (χ0n) is 11.3. The highest BCUT2D eigenvalue weighted by atomic mass is 19.1. The smallest absolute Gasteiger partial charge is 0.149 e. The Bertz CT molecular complexity index is 746. The molecule has 4 heteroatoms. The lowest BCUT2D eigenvalue weighted by Crippen LogP contribution is -2.17. The lowest BCUT2D eigenvalue weighted by Gasteiger charge is -2.09. The lowest BCUT2D eigenvalue weighted by molar-refractivity contribution is 0.608. The first-order valence-corrected chi connectivity index (χ1v) is 6.62. The van der Waals surface area contributed by atoms with Crippen molar-refractivity contribution in [2.24, 2.45) is 5.73 Å². The Hall–Kier alpha value is -2.20. The minimum Gasteiger partial charge on any atom is -0.328 e. The molecule has 0 aliphatic rings. The summed E-state index contributed by atoms with van der Waals surface area (Å²) in [5.41, 5.74) is 7.99. The fourth-order valence-corrected chi connectivity index (χ4v) is 2.38. The van der Waals surface area contributed by atoms with Gasteiger partial charge in [0.25, 0.3) is 0 Å². The summed E-state index contributed by atoms with van der Waals surface area (Å²) in [7, 11) is 0. The first-order chi connectivity index (χ1) is 9.65. The van der Waals surface area contributed by atoms with E-state index in [-0.39, 0.29) is 11.9 Å². The zero-order valence-corrected chi connectivity index (χ0v) is 11.3. The Kier molecular flexibility index (Phi) is 3.24. The molecule has 1 unspecified atom stereocenters. The molecule has 0 saturated carbocycles. The molecule has 0 saturated heterocycles. The Balaban J connectivity index is 2.06. The number of rotatable bonds is 3. The van der Waals surface area contributed by atoms with Gasteiger partial charge in [0.1, 0.15) is 11.5 Å². The standard InChI is InChI=1S/C16H16FN3/c1-11(18)8-12-6-7-16(14(17)9-12)20-15-5-3-2-4-13(15)10-19-20/h2-7,9-11H,8,18H2,1H3. The van der Waals surface area contributed by atoms with Crippen molar-refractivity contribution in [1.29, 1.82) is 0 Å². The fraction of sp³-hybridized carbons (Fsp3) is 0.188. The number of halogens is 1. The van der Waals surface area contributed by atoms with Crippen molar-refractivity contribution < 1.29 is 4.39 Å². The van der Waals surface area contributed by atoms with E-state index in [1.165, 1.54) is 6.07 Å². The molecule has 1 atom stereocenters. The summed E-state index contributed by atoms with van der Waals surface area (Å²) in [5.74, 6) is -0.281. The second-order valence-electron chi connectivity index (χ2n) is 5.08. The number of para-hydroxylation sites is 1. The molecule has 3 aromatic rings. The third-order valence-corrected chi connectivity index (χ3v) is 3.28. The Morgan fingerprint density at radius 2 is 2.05 bits per heavy atom. The van der Waals surface area contributed by atoms with Crippen LogP contribution in [0.3, 0.4) is 0 Å². The SMILES string of the molecule is CC(N)Cc1ccc(-n2ncc3ccccc32)c(F)c1. The van der Waals surface area contributed by atoms with Crippen LogP contribution in [0.25, 0.3) is 16.6 Å². The van der Waals surface area contributed by atoms with Crippen LogP contribution in [0.4, 0.5) is 4.39 Å². The minimum absolute atomic E-state index is 0.0192. The summed E-state index contributed by atoms with van der Waals surface area (Å²) >= 11 is 0. The van der Waals surface area contributed by atoms with E-state index in [1.54, 1.807) is 16.9 Å². The number of benzene rings is 2. The van der Waals surface area contributed by atoms with E-state index < -0.39 is 0 Å². The van der Waals surface area contributed by atoms with Gasteiger partial charge in [0.05, 0.1) is 11.7 Å². The van der Waals surface area contributed by atoms with Crippen molar-refractivity contribution in [2.75, 3.05) is 0 Å². The van der Waals surface area contributed by atoms with Crippen LogP contribution in [-0.2, 0) is 6.42 Å². The molecule has 0 spiro atoms. The van der Waals surface area contributed by atoms with Crippen molar-refractivity contribution in [3.8, 4) is 5.69 Å². The molecular formula is C16H16FN3. The van der Waals surface area contributed by atoms with Crippen LogP contribution in [0.15, 0.2) is 48.7 Å². The number of hydrogen-bond acceptors (Lipinski definition) is 2. The molecule has 2 N–H and O–H groups in total. The lowest BCUT2D eigenvalue weighted by atomic mass is 10.1. The molecule has 0 amide bonds. The van der Waals surface area contributed by atoms with Crippen molar-refractivity contribution in [3.05, 3.63) is 60.0 Å². The molecule has 0 bridgehead atoms. The summed E-state index contributed by atoms with van der Waals surface area (Å²) in [5, 5.41) is 5.26. The monoisotopic (exact) mass is 269 g/mol. The van der Waals surface area contributed by atoms with E-state index >= 15 is 0 Å². The predicted molar refractivity (Wildman–Crippen MR) is 78.4 cm³/mol. The molecule has 0 radical (unpaired) electrons. The van der Waals surface area contributed by atoms with Crippen LogP contribution >= 0.6 is 0 Å². The number of nitrogens with zero attached hydrogens (tertiary/aromatic N) is 2. The second kappa shape index (κ2) is 5.06. The van der Waals surface area contributed by atoms with E-state index in [0.29, 0.717) is 12.1 Å². The Morgan fingerprint density at radius 1 is 1.25 bits per heavy atom. The molecule has 0 aliphatic heterocycles. The zero-order chi connectivity index (χ0) is 14.1. The highest BCUT2D eigenvalue weighted by molar-refractivity contribution is 5.80. The first kappa shape index (κ1) is 12.8. The first-order valence-electron chi connectivity index (χ1n) is 6.62. The van der Waals surface area contributed by atoms with Gasteiger partial charge in [-0.1, -0.05) is 24.3 Å². The van der Waals surface area contributed by atoms with Gasteiger partial charge in [-0.3, -0.25) is 0 Å². The van der Waals surface area contributed by atoms with Crippen molar-refractivity contribution in [1.82, 2.24) is 9.78 Å².